The van der Waals surface area contributed by atoms with E-state index in [0.717, 1.165) is 16.7 Å². The normalized spacial score (nSPS) is 13.5. The van der Waals surface area contributed by atoms with E-state index in [-0.39, 0.29) is 11.8 Å². The van der Waals surface area contributed by atoms with Crippen LogP contribution in [-0.4, -0.2) is 32.8 Å². The molecule has 1 aliphatic rings. The smallest absolute Gasteiger partial charge is 0.258 e. The van der Waals surface area contributed by atoms with E-state index >= 15 is 0 Å². The molecule has 0 bridgehead atoms. The molecule has 3 heterocycles. The second-order valence-corrected chi connectivity index (χ2v) is 6.69. The summed E-state index contributed by atoms with van der Waals surface area (Å²) in [5, 5.41) is 4.31. The average molecular weight is 369 g/mol. The van der Waals surface area contributed by atoms with Crippen LogP contribution in [0.3, 0.4) is 0 Å². The Morgan fingerprint density at radius 3 is 2.65 bits per heavy atom. The number of carbonyl (C=O) groups is 2. The van der Waals surface area contributed by atoms with Crippen LogP contribution in [0.4, 0.5) is 5.69 Å². The lowest BCUT2D eigenvalue weighted by Gasteiger charge is -2.28. The first-order valence-corrected chi connectivity index (χ1v) is 8.71. The fraction of sp³-hybridized carbons (Fsp3) is 0.211. The Balaban J connectivity index is 1.78. The lowest BCUT2D eigenvalue weighted by molar-refractivity contribution is -0.130. The number of benzene rings is 1. The van der Waals surface area contributed by atoms with Crippen LogP contribution >= 0.6 is 11.6 Å². The van der Waals surface area contributed by atoms with E-state index in [4.69, 9.17) is 11.6 Å². The van der Waals surface area contributed by atoms with E-state index in [0.29, 0.717) is 35.9 Å². The number of halogens is 1. The number of rotatable bonds is 2. The van der Waals surface area contributed by atoms with Crippen molar-refractivity contribution in [3.63, 3.8) is 0 Å². The summed E-state index contributed by atoms with van der Waals surface area (Å²) in [4.78, 5) is 31.0. The summed E-state index contributed by atoms with van der Waals surface area (Å²) in [6.07, 6.45) is 1.72. The van der Waals surface area contributed by atoms with Crippen molar-refractivity contribution in [3.8, 4) is 0 Å². The maximum Gasteiger partial charge on any atom is 0.258 e. The minimum atomic E-state index is -0.218. The van der Waals surface area contributed by atoms with Crippen LogP contribution in [0, 0.1) is 0 Å². The lowest BCUT2D eigenvalue weighted by Crippen LogP contribution is -2.37. The van der Waals surface area contributed by atoms with Gasteiger partial charge in [-0.3, -0.25) is 9.59 Å². The third kappa shape index (κ3) is 2.82. The zero-order valence-corrected chi connectivity index (χ0v) is 15.0. The number of nitrogens with one attached hydrogen (secondary N) is 1. The van der Waals surface area contributed by atoms with Crippen molar-refractivity contribution in [2.24, 2.45) is 0 Å². The van der Waals surface area contributed by atoms with E-state index in [2.05, 4.69) is 10.3 Å². The summed E-state index contributed by atoms with van der Waals surface area (Å²) < 4.78 is 2.03. The summed E-state index contributed by atoms with van der Waals surface area (Å²) in [6.45, 7) is 3.18. The Kier molecular flexibility index (Phi) is 4.12. The first kappa shape index (κ1) is 16.6. The fourth-order valence-electron chi connectivity index (χ4n) is 3.36. The maximum atomic E-state index is 13.0. The van der Waals surface area contributed by atoms with Gasteiger partial charge in [-0.05, 0) is 36.4 Å². The molecule has 0 unspecified atom stereocenters. The molecule has 0 atom stereocenters. The summed E-state index contributed by atoms with van der Waals surface area (Å²) in [7, 11) is 0. The molecule has 4 rings (SSSR count). The molecule has 1 N–H and O–H groups in total. The summed E-state index contributed by atoms with van der Waals surface area (Å²) in [5.41, 5.74) is 2.81. The van der Waals surface area contributed by atoms with Crippen LogP contribution in [0.25, 0.3) is 11.0 Å². The summed E-state index contributed by atoms with van der Waals surface area (Å²) in [6, 6.07) is 10.7. The number of pyridine rings is 1. The Morgan fingerprint density at radius 1 is 1.15 bits per heavy atom. The zero-order valence-electron chi connectivity index (χ0n) is 14.2. The largest absolute Gasteiger partial charge is 0.335 e. The molecule has 7 heteroatoms. The highest BCUT2D eigenvalue weighted by atomic mass is 35.5. The first-order chi connectivity index (χ1) is 12.5. The van der Waals surface area contributed by atoms with Crippen molar-refractivity contribution in [1.29, 1.82) is 0 Å². The highest BCUT2D eigenvalue weighted by Gasteiger charge is 2.28. The van der Waals surface area contributed by atoms with Gasteiger partial charge in [0, 0.05) is 42.3 Å². The van der Waals surface area contributed by atoms with Gasteiger partial charge >= 0.3 is 0 Å². The van der Waals surface area contributed by atoms with Crippen LogP contribution in [0.1, 0.15) is 23.0 Å². The minimum Gasteiger partial charge on any atom is -0.335 e. The molecule has 6 nitrogen and oxygen atoms in total. The maximum absolute atomic E-state index is 13.0. The van der Waals surface area contributed by atoms with Crippen LogP contribution in [0.5, 0.6) is 0 Å². The number of nitrogens with zero attached hydrogens (tertiary/aromatic N) is 3. The number of hydrogen-bond acceptors (Lipinski definition) is 3. The summed E-state index contributed by atoms with van der Waals surface area (Å²) in [5.74, 6) is -0.219. The molecule has 0 saturated heterocycles. The predicted octanol–water partition coefficient (Wildman–Crippen LogP) is 3.30. The Morgan fingerprint density at radius 2 is 1.92 bits per heavy atom. The highest BCUT2D eigenvalue weighted by molar-refractivity contribution is 6.30. The molecule has 3 aromatic rings. The molecule has 1 aliphatic heterocycles. The van der Waals surface area contributed by atoms with Crippen molar-refractivity contribution < 1.29 is 9.59 Å². The van der Waals surface area contributed by atoms with Gasteiger partial charge in [-0.1, -0.05) is 11.6 Å². The predicted molar refractivity (Wildman–Crippen MR) is 100 cm³/mol. The first-order valence-electron chi connectivity index (χ1n) is 8.33. The van der Waals surface area contributed by atoms with E-state index in [1.54, 1.807) is 42.3 Å². The van der Waals surface area contributed by atoms with E-state index in [1.807, 2.05) is 16.7 Å². The molecule has 0 spiro atoms. The molecular weight excluding hydrogens is 352 g/mol. The molecule has 0 aliphatic carbocycles. The average Bonchev–Trinajstić information content (AvgIpc) is 2.97. The van der Waals surface area contributed by atoms with Gasteiger partial charge in [0.15, 0.2) is 0 Å². The second kappa shape index (κ2) is 6.46. The molecule has 2 amide bonds. The number of anilines is 1. The fourth-order valence-corrected chi connectivity index (χ4v) is 3.49. The Labute approximate surface area is 155 Å². The number of aromatic nitrogens is 2. The number of fused-ring (bicyclic) bond motifs is 3. The third-order valence-electron chi connectivity index (χ3n) is 4.63. The Hall–Kier alpha value is -2.86. The van der Waals surface area contributed by atoms with Gasteiger partial charge in [-0.25, -0.2) is 4.98 Å². The van der Waals surface area contributed by atoms with Gasteiger partial charge in [0.1, 0.15) is 5.65 Å². The SMILES string of the molecule is CC(=O)N1CCn2c(c(C(=O)Nc3ccc(Cl)cc3)c3cccnc32)C1. The molecule has 0 radical (unpaired) electrons. The van der Waals surface area contributed by atoms with Crippen LogP contribution in [-0.2, 0) is 17.9 Å². The van der Waals surface area contributed by atoms with Crippen molar-refractivity contribution in [2.45, 2.75) is 20.0 Å². The van der Waals surface area contributed by atoms with Crippen molar-refractivity contribution >= 4 is 40.1 Å². The second-order valence-electron chi connectivity index (χ2n) is 6.25. The Bertz CT molecular complexity index is 1010. The molecule has 0 fully saturated rings. The number of carbonyl (C=O) groups excluding carboxylic acids is 2. The molecule has 1 aromatic carbocycles. The van der Waals surface area contributed by atoms with Gasteiger partial charge in [0.25, 0.3) is 5.91 Å². The quantitative estimate of drug-likeness (QED) is 0.754. The molecule has 0 saturated carbocycles. The van der Waals surface area contributed by atoms with Crippen LogP contribution in [0.2, 0.25) is 5.02 Å². The zero-order chi connectivity index (χ0) is 18.3. The van der Waals surface area contributed by atoms with Crippen molar-refractivity contribution in [1.82, 2.24) is 14.5 Å². The molecule has 26 heavy (non-hydrogen) atoms. The van der Waals surface area contributed by atoms with Crippen LogP contribution < -0.4 is 5.32 Å². The molecule has 132 valence electrons. The third-order valence-corrected chi connectivity index (χ3v) is 4.89. The van der Waals surface area contributed by atoms with Gasteiger partial charge in [-0.2, -0.15) is 0 Å². The van der Waals surface area contributed by atoms with Gasteiger partial charge in [-0.15, -0.1) is 0 Å². The lowest BCUT2D eigenvalue weighted by atomic mass is 10.1. The van der Waals surface area contributed by atoms with Crippen molar-refractivity contribution in [3.05, 3.63) is 58.9 Å². The van der Waals surface area contributed by atoms with Crippen molar-refractivity contribution in [2.75, 3.05) is 11.9 Å². The van der Waals surface area contributed by atoms with E-state index < -0.39 is 0 Å². The topological polar surface area (TPSA) is 67.2 Å². The number of amides is 2. The van der Waals surface area contributed by atoms with Gasteiger partial charge in [0.05, 0.1) is 17.8 Å². The van der Waals surface area contributed by atoms with Crippen LogP contribution in [0.15, 0.2) is 42.6 Å². The monoisotopic (exact) mass is 368 g/mol. The van der Waals surface area contributed by atoms with Gasteiger partial charge < -0.3 is 14.8 Å². The number of hydrogen-bond donors (Lipinski definition) is 1. The minimum absolute atomic E-state index is 0.00137. The van der Waals surface area contributed by atoms with Gasteiger partial charge in [0.2, 0.25) is 5.91 Å². The van der Waals surface area contributed by atoms with E-state index in [9.17, 15) is 9.59 Å². The molecule has 2 aromatic heterocycles. The van der Waals surface area contributed by atoms with E-state index in [1.165, 1.54) is 0 Å². The summed E-state index contributed by atoms with van der Waals surface area (Å²) >= 11 is 5.90. The molecular formula is C19H17ClN4O2. The highest BCUT2D eigenvalue weighted by Crippen LogP contribution is 2.29. The standard InChI is InChI=1S/C19H17ClN4O2/c1-12(25)23-9-10-24-16(11-23)17(15-3-2-8-21-18(15)24)19(26)22-14-6-4-13(20)5-7-14/h2-8H,9-11H2,1H3,(H,22,26).